The lowest BCUT2D eigenvalue weighted by atomic mass is 10.2. The molecule has 0 aromatic rings. The van der Waals surface area contributed by atoms with Crippen molar-refractivity contribution in [3.05, 3.63) is 0 Å². The molecule has 0 bridgehead atoms. The molecule has 0 aromatic carbocycles. The highest BCUT2D eigenvalue weighted by Crippen LogP contribution is 2.05. The third-order valence-corrected chi connectivity index (χ3v) is 1.83. The van der Waals surface area contributed by atoms with Crippen molar-refractivity contribution in [2.75, 3.05) is 6.54 Å². The predicted molar refractivity (Wildman–Crippen MR) is 71.9 cm³/mol. The monoisotopic (exact) mass is 284 g/mol. The van der Waals surface area contributed by atoms with E-state index in [4.69, 9.17) is 9.84 Å². The lowest BCUT2D eigenvalue weighted by molar-refractivity contribution is -0.141. The van der Waals surface area contributed by atoms with E-state index in [1.165, 1.54) is 6.92 Å². The molecule has 0 saturated carbocycles. The number of hydrogen-bond acceptors (Lipinski definition) is 4. The van der Waals surface area contributed by atoms with Gasteiger partial charge in [-0.25, -0.2) is 9.59 Å². The molecular formula is C13H20N2O5. The van der Waals surface area contributed by atoms with Crippen LogP contribution >= 0.6 is 0 Å². The molecule has 112 valence electrons. The van der Waals surface area contributed by atoms with Crippen LogP contribution in [0.15, 0.2) is 0 Å². The van der Waals surface area contributed by atoms with Gasteiger partial charge in [-0.3, -0.25) is 4.79 Å². The first-order chi connectivity index (χ1) is 9.11. The Hall–Kier alpha value is -2.23. The van der Waals surface area contributed by atoms with Crippen LogP contribution in [0.4, 0.5) is 4.79 Å². The standard InChI is InChI=1S/C13H20N2O5/c1-9(16)15-10(11(17)18)7-5-6-8-14-12(19)20-13(2,3)4/h10H,7-8H2,1-4H3,(H,14,19)(H,15,16)(H,17,18)/t10-/m1/s1. The molecule has 7 nitrogen and oxygen atoms in total. The Morgan fingerprint density at radius 3 is 2.30 bits per heavy atom. The Kier molecular flexibility index (Phi) is 7.15. The largest absolute Gasteiger partial charge is 0.480 e. The second-order valence-electron chi connectivity index (χ2n) is 5.00. The minimum Gasteiger partial charge on any atom is -0.480 e. The molecule has 0 radical (unpaired) electrons. The summed E-state index contributed by atoms with van der Waals surface area (Å²) in [4.78, 5) is 32.8. The van der Waals surface area contributed by atoms with Crippen LogP contribution < -0.4 is 10.6 Å². The Balaban J connectivity index is 4.11. The van der Waals surface area contributed by atoms with E-state index in [9.17, 15) is 14.4 Å². The molecule has 0 aromatic heterocycles. The van der Waals surface area contributed by atoms with Gasteiger partial charge >= 0.3 is 12.1 Å². The van der Waals surface area contributed by atoms with Gasteiger partial charge in [0.05, 0.1) is 6.54 Å². The SMILES string of the molecule is CC(=O)N[C@H](CC#CCNC(=O)OC(C)(C)C)C(=O)O. The van der Waals surface area contributed by atoms with Crippen molar-refractivity contribution in [2.24, 2.45) is 0 Å². The number of carboxylic acid groups (broad SMARTS) is 1. The maximum atomic E-state index is 11.3. The zero-order valence-electron chi connectivity index (χ0n) is 12.1. The average molecular weight is 284 g/mol. The van der Waals surface area contributed by atoms with E-state index in [1.54, 1.807) is 20.8 Å². The van der Waals surface area contributed by atoms with Crippen molar-refractivity contribution >= 4 is 18.0 Å². The summed E-state index contributed by atoms with van der Waals surface area (Å²) in [5, 5.41) is 13.5. The van der Waals surface area contributed by atoms with E-state index in [-0.39, 0.29) is 13.0 Å². The Bertz CT molecular complexity index is 428. The molecule has 0 heterocycles. The van der Waals surface area contributed by atoms with Gasteiger partial charge in [0.25, 0.3) is 0 Å². The van der Waals surface area contributed by atoms with E-state index < -0.39 is 29.6 Å². The van der Waals surface area contributed by atoms with E-state index in [0.717, 1.165) is 0 Å². The average Bonchev–Trinajstić information content (AvgIpc) is 2.23. The molecular weight excluding hydrogens is 264 g/mol. The number of amides is 2. The summed E-state index contributed by atoms with van der Waals surface area (Å²) < 4.78 is 4.99. The number of alkyl carbamates (subject to hydrolysis) is 1. The number of aliphatic carboxylic acids is 1. The molecule has 1 atom stereocenters. The Labute approximate surface area is 118 Å². The third kappa shape index (κ3) is 9.76. The fraction of sp³-hybridized carbons (Fsp3) is 0.615. The number of carboxylic acids is 1. The molecule has 0 aliphatic carbocycles. The van der Waals surface area contributed by atoms with Crippen LogP contribution in [0, 0.1) is 11.8 Å². The fourth-order valence-electron chi connectivity index (χ4n) is 1.11. The van der Waals surface area contributed by atoms with Gasteiger partial charge in [0, 0.05) is 13.3 Å². The molecule has 3 N–H and O–H groups in total. The summed E-state index contributed by atoms with van der Waals surface area (Å²) in [5.74, 6) is 3.56. The summed E-state index contributed by atoms with van der Waals surface area (Å²) in [6, 6.07) is -1.05. The van der Waals surface area contributed by atoms with E-state index in [1.807, 2.05) is 0 Å². The molecule has 7 heteroatoms. The minimum absolute atomic E-state index is 0.0368. The first-order valence-corrected chi connectivity index (χ1v) is 6.04. The quantitative estimate of drug-likeness (QED) is 0.652. The van der Waals surface area contributed by atoms with Gasteiger partial charge in [0.15, 0.2) is 0 Å². The smallest absolute Gasteiger partial charge is 0.408 e. The fourth-order valence-corrected chi connectivity index (χ4v) is 1.11. The van der Waals surface area contributed by atoms with Crippen LogP contribution in [-0.2, 0) is 14.3 Å². The topological polar surface area (TPSA) is 105 Å². The maximum Gasteiger partial charge on any atom is 0.408 e. The first-order valence-electron chi connectivity index (χ1n) is 6.04. The number of hydrogen-bond donors (Lipinski definition) is 3. The van der Waals surface area contributed by atoms with Gasteiger partial charge < -0.3 is 20.5 Å². The van der Waals surface area contributed by atoms with Crippen LogP contribution in [0.1, 0.15) is 34.1 Å². The number of ether oxygens (including phenoxy) is 1. The molecule has 2 amide bonds. The van der Waals surface area contributed by atoms with Crippen molar-refractivity contribution in [1.29, 1.82) is 0 Å². The van der Waals surface area contributed by atoms with E-state index in [2.05, 4.69) is 22.5 Å². The Morgan fingerprint density at radius 2 is 1.85 bits per heavy atom. The second kappa shape index (κ2) is 8.04. The van der Waals surface area contributed by atoms with Gasteiger partial charge in [-0.15, -0.1) is 0 Å². The highest BCUT2D eigenvalue weighted by molar-refractivity contribution is 5.82. The predicted octanol–water partition coefficient (Wildman–Crippen LogP) is 0.494. The molecule has 0 aliphatic heterocycles. The van der Waals surface area contributed by atoms with Crippen molar-refractivity contribution < 1.29 is 24.2 Å². The summed E-state index contributed by atoms with van der Waals surface area (Å²) in [5.41, 5.74) is -0.586. The van der Waals surface area contributed by atoms with Crippen molar-refractivity contribution in [3.63, 3.8) is 0 Å². The van der Waals surface area contributed by atoms with Crippen LogP contribution in [0.3, 0.4) is 0 Å². The maximum absolute atomic E-state index is 11.3. The Morgan fingerprint density at radius 1 is 1.25 bits per heavy atom. The lowest BCUT2D eigenvalue weighted by Crippen LogP contribution is -2.39. The van der Waals surface area contributed by atoms with Crippen LogP contribution in [0.5, 0.6) is 0 Å². The van der Waals surface area contributed by atoms with Crippen LogP contribution in [0.25, 0.3) is 0 Å². The van der Waals surface area contributed by atoms with Crippen LogP contribution in [-0.4, -0.2) is 41.3 Å². The van der Waals surface area contributed by atoms with Crippen molar-refractivity contribution in [1.82, 2.24) is 10.6 Å². The molecule has 0 aliphatic rings. The lowest BCUT2D eigenvalue weighted by Gasteiger charge is -2.19. The third-order valence-electron chi connectivity index (χ3n) is 1.83. The number of rotatable bonds is 4. The first kappa shape index (κ1) is 17.8. The normalized spacial score (nSPS) is 11.6. The van der Waals surface area contributed by atoms with Gasteiger partial charge in [0.2, 0.25) is 5.91 Å². The minimum atomic E-state index is -1.16. The van der Waals surface area contributed by atoms with E-state index >= 15 is 0 Å². The highest BCUT2D eigenvalue weighted by atomic mass is 16.6. The number of carbonyl (C=O) groups is 3. The number of carbonyl (C=O) groups excluding carboxylic acids is 2. The van der Waals surface area contributed by atoms with Gasteiger partial charge in [0.1, 0.15) is 11.6 Å². The van der Waals surface area contributed by atoms with Crippen molar-refractivity contribution in [2.45, 2.75) is 45.8 Å². The summed E-state index contributed by atoms with van der Waals surface area (Å²) >= 11 is 0. The van der Waals surface area contributed by atoms with E-state index in [0.29, 0.717) is 0 Å². The zero-order valence-corrected chi connectivity index (χ0v) is 12.1. The molecule has 0 unspecified atom stereocenters. The summed E-state index contributed by atoms with van der Waals surface area (Å²) in [7, 11) is 0. The summed E-state index contributed by atoms with van der Waals surface area (Å²) in [6.07, 6.45) is -0.631. The van der Waals surface area contributed by atoms with Crippen LogP contribution in [0.2, 0.25) is 0 Å². The molecule has 0 spiro atoms. The second-order valence-corrected chi connectivity index (χ2v) is 5.00. The molecule has 0 rings (SSSR count). The summed E-state index contributed by atoms with van der Waals surface area (Å²) in [6.45, 7) is 6.49. The highest BCUT2D eigenvalue weighted by Gasteiger charge is 2.17. The number of nitrogens with one attached hydrogen (secondary N) is 2. The van der Waals surface area contributed by atoms with Gasteiger partial charge in [-0.05, 0) is 20.8 Å². The van der Waals surface area contributed by atoms with Gasteiger partial charge in [-0.1, -0.05) is 11.8 Å². The molecule has 20 heavy (non-hydrogen) atoms. The van der Waals surface area contributed by atoms with Crippen molar-refractivity contribution in [3.8, 4) is 11.8 Å². The zero-order chi connectivity index (χ0) is 15.8. The molecule has 0 fully saturated rings. The molecule has 0 saturated heterocycles. The van der Waals surface area contributed by atoms with Gasteiger partial charge in [-0.2, -0.15) is 0 Å².